The van der Waals surface area contributed by atoms with E-state index in [2.05, 4.69) is 10.4 Å². The maximum Gasteiger partial charge on any atom is 0.308 e. The van der Waals surface area contributed by atoms with Crippen molar-refractivity contribution in [3.8, 4) is 0 Å². The molecule has 1 aliphatic heterocycles. The standard InChI is InChI=1S/C14H22N4O3/c1-9(2)18-12(4-5-15-18)16-13(19)8-17-6-10(3)11(7-17)14(20)21/h4-5,9-11H,6-8H2,1-3H3,(H,16,19)(H,20,21). The molecule has 1 amide bonds. The second kappa shape index (κ2) is 6.26. The van der Waals surface area contributed by atoms with E-state index in [1.165, 1.54) is 0 Å². The average Bonchev–Trinajstić information content (AvgIpc) is 2.95. The molecule has 0 saturated carbocycles. The van der Waals surface area contributed by atoms with E-state index in [1.54, 1.807) is 16.9 Å². The van der Waals surface area contributed by atoms with Gasteiger partial charge in [0.05, 0.1) is 18.7 Å². The zero-order valence-electron chi connectivity index (χ0n) is 12.6. The van der Waals surface area contributed by atoms with E-state index in [1.807, 2.05) is 25.7 Å². The van der Waals surface area contributed by atoms with E-state index in [4.69, 9.17) is 5.11 Å². The van der Waals surface area contributed by atoms with E-state index >= 15 is 0 Å². The van der Waals surface area contributed by atoms with Gasteiger partial charge in [0.15, 0.2) is 0 Å². The van der Waals surface area contributed by atoms with Crippen LogP contribution in [0.25, 0.3) is 0 Å². The number of likely N-dealkylation sites (tertiary alicyclic amines) is 1. The summed E-state index contributed by atoms with van der Waals surface area (Å²) in [5.74, 6) is -0.591. The van der Waals surface area contributed by atoms with Crippen LogP contribution in [0.3, 0.4) is 0 Å². The number of nitrogens with one attached hydrogen (secondary N) is 1. The predicted molar refractivity (Wildman–Crippen MR) is 78.0 cm³/mol. The summed E-state index contributed by atoms with van der Waals surface area (Å²) in [6.45, 7) is 7.15. The summed E-state index contributed by atoms with van der Waals surface area (Å²) in [5.41, 5.74) is 0. The predicted octanol–water partition coefficient (Wildman–Crippen LogP) is 1.06. The lowest BCUT2D eigenvalue weighted by Gasteiger charge is -2.16. The molecule has 2 N–H and O–H groups in total. The van der Waals surface area contributed by atoms with E-state index in [0.717, 1.165) is 0 Å². The highest BCUT2D eigenvalue weighted by atomic mass is 16.4. The summed E-state index contributed by atoms with van der Waals surface area (Å²) in [6.07, 6.45) is 1.65. The number of rotatable bonds is 5. The monoisotopic (exact) mass is 294 g/mol. The molecular formula is C14H22N4O3. The van der Waals surface area contributed by atoms with Crippen LogP contribution in [0.4, 0.5) is 5.82 Å². The van der Waals surface area contributed by atoms with Gasteiger partial charge in [0, 0.05) is 25.2 Å². The van der Waals surface area contributed by atoms with Crippen molar-refractivity contribution in [1.29, 1.82) is 0 Å². The lowest BCUT2D eigenvalue weighted by molar-refractivity contribution is -0.142. The van der Waals surface area contributed by atoms with Crippen molar-refractivity contribution in [3.05, 3.63) is 12.3 Å². The first-order valence-corrected chi connectivity index (χ1v) is 7.17. The number of anilines is 1. The first kappa shape index (κ1) is 15.5. The number of hydrogen-bond donors (Lipinski definition) is 2. The highest BCUT2D eigenvalue weighted by Gasteiger charge is 2.35. The maximum absolute atomic E-state index is 12.1. The maximum atomic E-state index is 12.1. The van der Waals surface area contributed by atoms with E-state index in [0.29, 0.717) is 18.9 Å². The fourth-order valence-corrected chi connectivity index (χ4v) is 2.73. The van der Waals surface area contributed by atoms with E-state index in [-0.39, 0.29) is 30.3 Å². The van der Waals surface area contributed by atoms with Crippen molar-refractivity contribution in [2.24, 2.45) is 11.8 Å². The molecule has 0 spiro atoms. The summed E-state index contributed by atoms with van der Waals surface area (Å²) in [7, 11) is 0. The van der Waals surface area contributed by atoms with Gasteiger partial charge in [-0.1, -0.05) is 6.92 Å². The molecule has 116 valence electrons. The Morgan fingerprint density at radius 1 is 1.48 bits per heavy atom. The molecule has 1 aromatic heterocycles. The summed E-state index contributed by atoms with van der Waals surface area (Å²) in [6, 6.07) is 1.92. The Morgan fingerprint density at radius 3 is 2.76 bits per heavy atom. The molecule has 0 aliphatic carbocycles. The molecule has 0 aromatic carbocycles. The molecule has 2 unspecified atom stereocenters. The van der Waals surface area contributed by atoms with Crippen molar-refractivity contribution in [3.63, 3.8) is 0 Å². The Morgan fingerprint density at radius 2 is 2.19 bits per heavy atom. The number of aliphatic carboxylic acids is 1. The van der Waals surface area contributed by atoms with Crippen LogP contribution < -0.4 is 5.32 Å². The molecule has 21 heavy (non-hydrogen) atoms. The third-order valence-electron chi connectivity index (χ3n) is 3.80. The Balaban J connectivity index is 1.91. The molecule has 1 aliphatic rings. The summed E-state index contributed by atoms with van der Waals surface area (Å²) < 4.78 is 1.74. The van der Waals surface area contributed by atoms with Gasteiger partial charge in [-0.15, -0.1) is 0 Å². The summed E-state index contributed by atoms with van der Waals surface area (Å²) in [5, 5.41) is 16.1. The average molecular weight is 294 g/mol. The van der Waals surface area contributed by atoms with Crippen LogP contribution in [0.2, 0.25) is 0 Å². The van der Waals surface area contributed by atoms with Crippen LogP contribution in [0.1, 0.15) is 26.8 Å². The van der Waals surface area contributed by atoms with Gasteiger partial charge in [-0.3, -0.25) is 14.5 Å². The zero-order valence-corrected chi connectivity index (χ0v) is 12.6. The number of nitrogens with zero attached hydrogens (tertiary/aromatic N) is 3. The van der Waals surface area contributed by atoms with Crippen molar-refractivity contribution in [2.45, 2.75) is 26.8 Å². The third kappa shape index (κ3) is 3.60. The van der Waals surface area contributed by atoms with Gasteiger partial charge < -0.3 is 10.4 Å². The normalized spacial score (nSPS) is 22.7. The van der Waals surface area contributed by atoms with Gasteiger partial charge in [-0.25, -0.2) is 4.68 Å². The Hall–Kier alpha value is -1.89. The number of amides is 1. The number of carboxylic acid groups (broad SMARTS) is 1. The van der Waals surface area contributed by atoms with Gasteiger partial charge in [0.25, 0.3) is 0 Å². The van der Waals surface area contributed by atoms with Gasteiger partial charge in [-0.2, -0.15) is 5.10 Å². The quantitative estimate of drug-likeness (QED) is 0.847. The van der Waals surface area contributed by atoms with Crippen LogP contribution in [0.5, 0.6) is 0 Å². The molecule has 1 aromatic rings. The SMILES string of the molecule is CC1CN(CC(=O)Nc2ccnn2C(C)C)CC1C(=O)O. The van der Waals surface area contributed by atoms with Crippen LogP contribution >= 0.6 is 0 Å². The molecule has 7 nitrogen and oxygen atoms in total. The second-order valence-electron chi connectivity index (χ2n) is 5.92. The molecule has 1 fully saturated rings. The van der Waals surface area contributed by atoms with Crippen LogP contribution in [0, 0.1) is 11.8 Å². The van der Waals surface area contributed by atoms with Gasteiger partial charge >= 0.3 is 5.97 Å². The molecule has 1 saturated heterocycles. The lowest BCUT2D eigenvalue weighted by atomic mass is 9.99. The minimum Gasteiger partial charge on any atom is -0.481 e. The number of carboxylic acids is 1. The Labute approximate surface area is 123 Å². The Kier molecular flexibility index (Phi) is 4.62. The van der Waals surface area contributed by atoms with Crippen molar-refractivity contribution in [2.75, 3.05) is 25.0 Å². The first-order chi connectivity index (χ1) is 9.88. The topological polar surface area (TPSA) is 87.5 Å². The fourth-order valence-electron chi connectivity index (χ4n) is 2.73. The molecule has 2 rings (SSSR count). The van der Waals surface area contributed by atoms with Crippen LogP contribution in [-0.2, 0) is 9.59 Å². The molecule has 2 atom stereocenters. The third-order valence-corrected chi connectivity index (χ3v) is 3.80. The summed E-state index contributed by atoms with van der Waals surface area (Å²) in [4.78, 5) is 25.0. The van der Waals surface area contributed by atoms with Crippen molar-refractivity contribution >= 4 is 17.7 Å². The number of aromatic nitrogens is 2. The van der Waals surface area contributed by atoms with E-state index in [9.17, 15) is 9.59 Å². The van der Waals surface area contributed by atoms with Gasteiger partial charge in [0.2, 0.25) is 5.91 Å². The molecule has 2 heterocycles. The fraction of sp³-hybridized carbons (Fsp3) is 0.643. The van der Waals surface area contributed by atoms with Gasteiger partial charge in [0.1, 0.15) is 5.82 Å². The van der Waals surface area contributed by atoms with Crippen molar-refractivity contribution < 1.29 is 14.7 Å². The number of hydrogen-bond acceptors (Lipinski definition) is 4. The minimum absolute atomic E-state index is 0.0662. The highest BCUT2D eigenvalue weighted by molar-refractivity contribution is 5.91. The Bertz CT molecular complexity index is 526. The largest absolute Gasteiger partial charge is 0.481 e. The van der Waals surface area contributed by atoms with Crippen LogP contribution in [-0.4, -0.2) is 51.3 Å². The highest BCUT2D eigenvalue weighted by Crippen LogP contribution is 2.23. The van der Waals surface area contributed by atoms with Gasteiger partial charge in [-0.05, 0) is 19.8 Å². The lowest BCUT2D eigenvalue weighted by Crippen LogP contribution is -2.33. The molecule has 0 bridgehead atoms. The van der Waals surface area contributed by atoms with Crippen LogP contribution in [0.15, 0.2) is 12.3 Å². The summed E-state index contributed by atoms with van der Waals surface area (Å²) >= 11 is 0. The number of carbonyl (C=O) groups excluding carboxylic acids is 1. The first-order valence-electron chi connectivity index (χ1n) is 7.17. The van der Waals surface area contributed by atoms with Crippen molar-refractivity contribution in [1.82, 2.24) is 14.7 Å². The second-order valence-corrected chi connectivity index (χ2v) is 5.92. The molecule has 7 heteroatoms. The molecule has 0 radical (unpaired) electrons. The smallest absolute Gasteiger partial charge is 0.308 e. The minimum atomic E-state index is -0.789. The number of carbonyl (C=O) groups is 2. The van der Waals surface area contributed by atoms with E-state index < -0.39 is 5.97 Å². The zero-order chi connectivity index (χ0) is 15.6. The molecular weight excluding hydrogens is 272 g/mol.